The minimum absolute atomic E-state index is 0.113. The highest BCUT2D eigenvalue weighted by molar-refractivity contribution is 6.32. The standard InChI is InChI=1S/C27H26ClN5O5/c1-2-32-23-8-7-18(10-19(23)26(36)33(27(32)37)12-15-3-4-15)30-25(35)20-13-38-14-22(20)31-24(34)16-5-6-17(11-29)21(28)9-16/h5-10,15,20,22H,2-4,12-14H2,1H3,(H,30,35)(H,31,34). The summed E-state index contributed by atoms with van der Waals surface area (Å²) in [5, 5.41) is 15.2. The third-order valence-electron chi connectivity index (χ3n) is 7.03. The number of aromatic nitrogens is 2. The number of nitriles is 1. The van der Waals surface area contributed by atoms with Crippen molar-refractivity contribution in [3.63, 3.8) is 0 Å². The first-order valence-electron chi connectivity index (χ1n) is 12.5. The number of rotatable bonds is 7. The molecule has 1 aromatic heterocycles. The molecule has 2 aromatic carbocycles. The van der Waals surface area contributed by atoms with E-state index in [1.54, 1.807) is 22.8 Å². The molecule has 1 aliphatic carbocycles. The maximum Gasteiger partial charge on any atom is 0.331 e. The lowest BCUT2D eigenvalue weighted by Crippen LogP contribution is -2.44. The quantitative estimate of drug-likeness (QED) is 0.477. The summed E-state index contributed by atoms with van der Waals surface area (Å²) in [7, 11) is 0. The summed E-state index contributed by atoms with van der Waals surface area (Å²) < 4.78 is 8.34. The largest absolute Gasteiger partial charge is 0.378 e. The van der Waals surface area contributed by atoms with Crippen molar-refractivity contribution in [3.05, 3.63) is 73.4 Å². The smallest absolute Gasteiger partial charge is 0.331 e. The summed E-state index contributed by atoms with van der Waals surface area (Å²) in [6.45, 7) is 2.93. The second-order valence-electron chi connectivity index (χ2n) is 9.64. The number of hydrogen-bond donors (Lipinski definition) is 2. The predicted octanol–water partition coefficient (Wildman–Crippen LogP) is 2.50. The zero-order valence-electron chi connectivity index (χ0n) is 20.7. The van der Waals surface area contributed by atoms with Crippen LogP contribution >= 0.6 is 11.6 Å². The summed E-state index contributed by atoms with van der Waals surface area (Å²) in [4.78, 5) is 52.0. The van der Waals surface area contributed by atoms with Gasteiger partial charge in [0.1, 0.15) is 6.07 Å². The van der Waals surface area contributed by atoms with Crippen LogP contribution in [0.15, 0.2) is 46.0 Å². The fourth-order valence-electron chi connectivity index (χ4n) is 4.72. The van der Waals surface area contributed by atoms with Crippen LogP contribution in [0.4, 0.5) is 5.69 Å². The van der Waals surface area contributed by atoms with Crippen LogP contribution in [0, 0.1) is 23.2 Å². The highest BCUT2D eigenvalue weighted by atomic mass is 35.5. The summed E-state index contributed by atoms with van der Waals surface area (Å²) >= 11 is 6.04. The van der Waals surface area contributed by atoms with Gasteiger partial charge in [0.05, 0.1) is 46.7 Å². The zero-order valence-corrected chi connectivity index (χ0v) is 21.5. The number of halogens is 1. The van der Waals surface area contributed by atoms with Gasteiger partial charge in [-0.2, -0.15) is 5.26 Å². The van der Waals surface area contributed by atoms with E-state index in [0.29, 0.717) is 35.6 Å². The van der Waals surface area contributed by atoms with E-state index in [1.165, 1.54) is 22.8 Å². The second-order valence-corrected chi connectivity index (χ2v) is 10.0. The number of benzene rings is 2. The zero-order chi connectivity index (χ0) is 27.0. The number of hydrogen-bond acceptors (Lipinski definition) is 6. The average molecular weight is 536 g/mol. The molecule has 2 N–H and O–H groups in total. The van der Waals surface area contributed by atoms with Crippen molar-refractivity contribution in [3.8, 4) is 6.07 Å². The Morgan fingerprint density at radius 3 is 2.61 bits per heavy atom. The van der Waals surface area contributed by atoms with Gasteiger partial charge < -0.3 is 15.4 Å². The lowest BCUT2D eigenvalue weighted by atomic mass is 10.0. The van der Waals surface area contributed by atoms with Crippen molar-refractivity contribution in [1.29, 1.82) is 5.26 Å². The normalized spacial score (nSPS) is 18.8. The Bertz CT molecular complexity index is 1600. The number of carbonyl (C=O) groups excluding carboxylic acids is 2. The molecular weight excluding hydrogens is 510 g/mol. The van der Waals surface area contributed by atoms with E-state index < -0.39 is 17.9 Å². The Morgan fingerprint density at radius 2 is 1.92 bits per heavy atom. The molecule has 196 valence electrons. The van der Waals surface area contributed by atoms with Crippen LogP contribution in [0.5, 0.6) is 0 Å². The van der Waals surface area contributed by atoms with Gasteiger partial charge in [-0.05, 0) is 62.1 Å². The number of nitrogens with one attached hydrogen (secondary N) is 2. The van der Waals surface area contributed by atoms with Crippen molar-refractivity contribution in [2.45, 2.75) is 38.9 Å². The SMILES string of the molecule is CCn1c(=O)n(CC2CC2)c(=O)c2cc(NC(=O)C3COCC3NC(=O)c3ccc(C#N)c(Cl)c3)ccc21. The molecule has 2 aliphatic rings. The van der Waals surface area contributed by atoms with Gasteiger partial charge in [0, 0.05) is 24.3 Å². The van der Waals surface area contributed by atoms with Gasteiger partial charge in [0.15, 0.2) is 0 Å². The molecule has 5 rings (SSSR count). The lowest BCUT2D eigenvalue weighted by molar-refractivity contribution is -0.120. The third-order valence-corrected chi connectivity index (χ3v) is 7.34. The van der Waals surface area contributed by atoms with Crippen molar-refractivity contribution in [2.75, 3.05) is 18.5 Å². The van der Waals surface area contributed by atoms with Crippen LogP contribution < -0.4 is 21.9 Å². The predicted molar refractivity (Wildman–Crippen MR) is 141 cm³/mol. The fourth-order valence-corrected chi connectivity index (χ4v) is 4.94. The molecule has 1 aliphatic heterocycles. The van der Waals surface area contributed by atoms with Crippen molar-refractivity contribution in [1.82, 2.24) is 14.5 Å². The van der Waals surface area contributed by atoms with E-state index in [-0.39, 0.29) is 46.5 Å². The molecule has 0 radical (unpaired) electrons. The van der Waals surface area contributed by atoms with Crippen molar-refractivity contribution < 1.29 is 14.3 Å². The summed E-state index contributed by atoms with van der Waals surface area (Å²) in [5.74, 6) is -1.13. The van der Waals surface area contributed by atoms with Gasteiger partial charge in [-0.15, -0.1) is 0 Å². The molecule has 11 heteroatoms. The van der Waals surface area contributed by atoms with Gasteiger partial charge in [-0.1, -0.05) is 11.6 Å². The van der Waals surface area contributed by atoms with Crippen LogP contribution in [0.1, 0.15) is 35.7 Å². The Hall–Kier alpha value is -3.94. The summed E-state index contributed by atoms with van der Waals surface area (Å²) in [5.41, 5.74) is 0.763. The molecule has 2 fully saturated rings. The van der Waals surface area contributed by atoms with Crippen LogP contribution in [-0.2, 0) is 22.6 Å². The Morgan fingerprint density at radius 1 is 1.13 bits per heavy atom. The summed E-state index contributed by atoms with van der Waals surface area (Å²) in [6, 6.07) is 10.6. The van der Waals surface area contributed by atoms with Crippen molar-refractivity contribution >= 4 is 40.0 Å². The number of aryl methyl sites for hydroxylation is 1. The highest BCUT2D eigenvalue weighted by Crippen LogP contribution is 2.30. The molecule has 2 atom stereocenters. The van der Waals surface area contributed by atoms with Gasteiger partial charge >= 0.3 is 5.69 Å². The molecule has 3 aromatic rings. The number of nitrogens with zero attached hydrogens (tertiary/aromatic N) is 3. The first kappa shape index (κ1) is 25.7. The molecule has 38 heavy (non-hydrogen) atoms. The van der Waals surface area contributed by atoms with Gasteiger partial charge in [0.2, 0.25) is 5.91 Å². The fraction of sp³-hybridized carbons (Fsp3) is 0.370. The molecule has 2 unspecified atom stereocenters. The first-order valence-corrected chi connectivity index (χ1v) is 12.8. The first-order chi connectivity index (χ1) is 18.3. The summed E-state index contributed by atoms with van der Waals surface area (Å²) in [6.07, 6.45) is 2.01. The monoisotopic (exact) mass is 535 g/mol. The third kappa shape index (κ3) is 4.95. The molecular formula is C27H26ClN5O5. The number of anilines is 1. The van der Waals surface area contributed by atoms with E-state index in [2.05, 4.69) is 10.6 Å². The Labute approximate surface area is 222 Å². The topological polar surface area (TPSA) is 135 Å². The van der Waals surface area contributed by atoms with E-state index in [0.717, 1.165) is 12.8 Å². The molecule has 10 nitrogen and oxygen atoms in total. The Kier molecular flexibility index (Phi) is 7.06. The van der Waals surface area contributed by atoms with Gasteiger partial charge in [-0.3, -0.25) is 23.5 Å². The maximum atomic E-state index is 13.2. The van der Waals surface area contributed by atoms with Crippen LogP contribution in [0.3, 0.4) is 0 Å². The number of ether oxygens (including phenoxy) is 1. The van der Waals surface area contributed by atoms with Crippen LogP contribution in [-0.4, -0.2) is 40.2 Å². The number of fused-ring (bicyclic) bond motifs is 1. The van der Waals surface area contributed by atoms with Gasteiger partial charge in [0.25, 0.3) is 11.5 Å². The molecule has 2 heterocycles. The second kappa shape index (κ2) is 10.4. The van der Waals surface area contributed by atoms with E-state index in [4.69, 9.17) is 21.6 Å². The molecule has 1 saturated carbocycles. The van der Waals surface area contributed by atoms with Crippen LogP contribution in [0.25, 0.3) is 10.9 Å². The molecule has 1 saturated heterocycles. The van der Waals surface area contributed by atoms with Crippen LogP contribution in [0.2, 0.25) is 5.02 Å². The van der Waals surface area contributed by atoms with E-state index in [1.807, 2.05) is 13.0 Å². The molecule has 0 bridgehead atoms. The molecule has 2 amide bonds. The molecule has 0 spiro atoms. The van der Waals surface area contributed by atoms with E-state index in [9.17, 15) is 19.2 Å². The number of carbonyl (C=O) groups is 2. The van der Waals surface area contributed by atoms with Crippen molar-refractivity contribution in [2.24, 2.45) is 11.8 Å². The van der Waals surface area contributed by atoms with E-state index >= 15 is 0 Å². The highest BCUT2D eigenvalue weighted by Gasteiger charge is 2.35. The number of amides is 2. The maximum absolute atomic E-state index is 13.2. The minimum atomic E-state index is -0.667. The Balaban J connectivity index is 1.35. The van der Waals surface area contributed by atoms with Gasteiger partial charge in [-0.25, -0.2) is 4.79 Å². The average Bonchev–Trinajstić information content (AvgIpc) is 3.62. The lowest BCUT2D eigenvalue weighted by Gasteiger charge is -2.19. The minimum Gasteiger partial charge on any atom is -0.378 e.